The first-order valence-corrected chi connectivity index (χ1v) is 8.24. The van der Waals surface area contributed by atoms with Crippen molar-refractivity contribution in [3.05, 3.63) is 0 Å². The second kappa shape index (κ2) is 5.43. The first-order chi connectivity index (χ1) is 9.23. The van der Waals surface area contributed by atoms with Gasteiger partial charge in [0, 0.05) is 12.6 Å². The van der Waals surface area contributed by atoms with Crippen LogP contribution in [0.3, 0.4) is 0 Å². The highest BCUT2D eigenvalue weighted by molar-refractivity contribution is 5.83. The minimum atomic E-state index is -0.252. The van der Waals surface area contributed by atoms with Crippen molar-refractivity contribution < 1.29 is 4.79 Å². The molecule has 3 saturated carbocycles. The molecule has 0 radical (unpaired) electrons. The van der Waals surface area contributed by atoms with E-state index >= 15 is 0 Å². The average molecular weight is 264 g/mol. The van der Waals surface area contributed by atoms with Gasteiger partial charge in [-0.1, -0.05) is 32.1 Å². The second-order valence-corrected chi connectivity index (χ2v) is 7.15. The van der Waals surface area contributed by atoms with E-state index in [1.807, 2.05) is 0 Å². The average Bonchev–Trinajstić information content (AvgIpc) is 2.94. The molecule has 3 nitrogen and oxygen atoms in total. The van der Waals surface area contributed by atoms with Crippen LogP contribution in [0.25, 0.3) is 0 Å². The van der Waals surface area contributed by atoms with Gasteiger partial charge in [0.15, 0.2) is 0 Å². The zero-order valence-corrected chi connectivity index (χ0v) is 12.0. The lowest BCUT2D eigenvalue weighted by Crippen LogP contribution is -2.50. The Labute approximate surface area is 116 Å². The van der Waals surface area contributed by atoms with Crippen LogP contribution in [-0.4, -0.2) is 18.5 Å². The van der Waals surface area contributed by atoms with Crippen molar-refractivity contribution in [3.8, 4) is 0 Å². The lowest BCUT2D eigenvalue weighted by atomic mass is 9.79. The van der Waals surface area contributed by atoms with E-state index in [0.29, 0.717) is 12.6 Å². The number of carbonyl (C=O) groups is 1. The van der Waals surface area contributed by atoms with Crippen LogP contribution in [0, 0.1) is 17.3 Å². The normalized spacial score (nSPS) is 37.0. The number of rotatable bonds is 3. The summed E-state index contributed by atoms with van der Waals surface area (Å²) in [6.07, 6.45) is 12.1. The maximum absolute atomic E-state index is 12.7. The van der Waals surface area contributed by atoms with Crippen molar-refractivity contribution in [2.24, 2.45) is 23.0 Å². The molecule has 0 saturated heterocycles. The van der Waals surface area contributed by atoms with Gasteiger partial charge in [0.25, 0.3) is 0 Å². The van der Waals surface area contributed by atoms with Gasteiger partial charge in [0.05, 0.1) is 5.41 Å². The molecule has 1 amide bonds. The Morgan fingerprint density at radius 3 is 2.37 bits per heavy atom. The topological polar surface area (TPSA) is 55.1 Å². The molecule has 0 spiro atoms. The number of hydrogen-bond donors (Lipinski definition) is 2. The molecule has 3 N–H and O–H groups in total. The molecule has 3 atom stereocenters. The number of hydrogen-bond acceptors (Lipinski definition) is 2. The van der Waals surface area contributed by atoms with Crippen molar-refractivity contribution in [3.63, 3.8) is 0 Å². The summed E-state index contributed by atoms with van der Waals surface area (Å²) in [5.74, 6) is 1.92. The molecule has 108 valence electrons. The molecular formula is C16H28N2O. The lowest BCUT2D eigenvalue weighted by molar-refractivity contribution is -0.132. The minimum Gasteiger partial charge on any atom is -0.353 e. The number of nitrogens with one attached hydrogen (secondary N) is 1. The van der Waals surface area contributed by atoms with Gasteiger partial charge in [-0.15, -0.1) is 0 Å². The van der Waals surface area contributed by atoms with Crippen molar-refractivity contribution >= 4 is 5.91 Å². The van der Waals surface area contributed by atoms with Gasteiger partial charge in [0.2, 0.25) is 5.91 Å². The number of nitrogens with two attached hydrogens (primary N) is 1. The fourth-order valence-electron chi connectivity index (χ4n) is 4.67. The Bertz CT molecular complexity index is 334. The van der Waals surface area contributed by atoms with E-state index < -0.39 is 0 Å². The van der Waals surface area contributed by atoms with Gasteiger partial charge in [-0.05, 0) is 43.9 Å². The first-order valence-electron chi connectivity index (χ1n) is 8.24. The predicted octanol–water partition coefficient (Wildman–Crippen LogP) is 2.59. The Kier molecular flexibility index (Phi) is 3.84. The van der Waals surface area contributed by atoms with Gasteiger partial charge in [-0.25, -0.2) is 0 Å². The van der Waals surface area contributed by atoms with Crippen molar-refractivity contribution in [2.45, 2.75) is 70.3 Å². The number of amides is 1. The first kappa shape index (κ1) is 13.4. The molecule has 19 heavy (non-hydrogen) atoms. The largest absolute Gasteiger partial charge is 0.353 e. The van der Waals surface area contributed by atoms with Gasteiger partial charge in [0.1, 0.15) is 0 Å². The molecule has 0 aromatic heterocycles. The van der Waals surface area contributed by atoms with Gasteiger partial charge in [-0.2, -0.15) is 0 Å². The van der Waals surface area contributed by atoms with Crippen LogP contribution in [0.1, 0.15) is 64.2 Å². The Morgan fingerprint density at radius 2 is 1.84 bits per heavy atom. The summed E-state index contributed by atoms with van der Waals surface area (Å²) in [4.78, 5) is 12.7. The SMILES string of the molecule is NCC1(C(=O)NC2CC3CCC2C3)CCCCCC1. The van der Waals surface area contributed by atoms with Crippen LogP contribution in [0.4, 0.5) is 0 Å². The van der Waals surface area contributed by atoms with E-state index in [4.69, 9.17) is 5.73 Å². The second-order valence-electron chi connectivity index (χ2n) is 7.15. The van der Waals surface area contributed by atoms with E-state index in [-0.39, 0.29) is 11.3 Å². The van der Waals surface area contributed by atoms with Crippen LogP contribution >= 0.6 is 0 Å². The maximum atomic E-state index is 12.7. The molecule has 0 aliphatic heterocycles. The molecule has 3 aliphatic carbocycles. The number of fused-ring (bicyclic) bond motifs is 2. The number of carbonyl (C=O) groups excluding carboxylic acids is 1. The molecule has 2 bridgehead atoms. The third-order valence-corrected chi connectivity index (χ3v) is 5.99. The van der Waals surface area contributed by atoms with Crippen LogP contribution < -0.4 is 11.1 Å². The van der Waals surface area contributed by atoms with E-state index in [1.54, 1.807) is 0 Å². The zero-order chi connectivity index (χ0) is 13.3. The van der Waals surface area contributed by atoms with E-state index in [9.17, 15) is 4.79 Å². The summed E-state index contributed by atoms with van der Waals surface area (Å²) in [5, 5.41) is 3.38. The molecule has 3 heteroatoms. The molecule has 3 fully saturated rings. The molecular weight excluding hydrogens is 236 g/mol. The van der Waals surface area contributed by atoms with Crippen molar-refractivity contribution in [1.82, 2.24) is 5.32 Å². The lowest BCUT2D eigenvalue weighted by Gasteiger charge is -2.33. The minimum absolute atomic E-state index is 0.252. The molecule has 3 rings (SSSR count). The molecule has 3 aliphatic rings. The van der Waals surface area contributed by atoms with Crippen LogP contribution in [0.2, 0.25) is 0 Å². The third kappa shape index (κ3) is 2.54. The summed E-state index contributed by atoms with van der Waals surface area (Å²) < 4.78 is 0. The standard InChI is InChI=1S/C16H28N2O/c17-11-16(7-3-1-2-4-8-16)15(19)18-14-10-12-5-6-13(14)9-12/h12-14H,1-11,17H2,(H,18,19). The zero-order valence-electron chi connectivity index (χ0n) is 12.0. The fraction of sp³-hybridized carbons (Fsp3) is 0.938. The summed E-state index contributed by atoms with van der Waals surface area (Å²) in [7, 11) is 0. The van der Waals surface area contributed by atoms with Gasteiger partial charge >= 0.3 is 0 Å². The summed E-state index contributed by atoms with van der Waals surface area (Å²) in [5.41, 5.74) is 5.75. The quantitative estimate of drug-likeness (QED) is 0.770. The molecule has 3 unspecified atom stereocenters. The highest BCUT2D eigenvalue weighted by atomic mass is 16.2. The fourth-order valence-corrected chi connectivity index (χ4v) is 4.67. The summed E-state index contributed by atoms with van der Waals surface area (Å²) in [6, 6.07) is 0.456. The predicted molar refractivity (Wildman–Crippen MR) is 76.6 cm³/mol. The van der Waals surface area contributed by atoms with E-state index in [2.05, 4.69) is 5.32 Å². The van der Waals surface area contributed by atoms with Crippen LogP contribution in [-0.2, 0) is 4.79 Å². The van der Waals surface area contributed by atoms with Crippen LogP contribution in [0.15, 0.2) is 0 Å². The highest BCUT2D eigenvalue weighted by Crippen LogP contribution is 2.45. The van der Waals surface area contributed by atoms with Crippen LogP contribution in [0.5, 0.6) is 0 Å². The van der Waals surface area contributed by atoms with Crippen molar-refractivity contribution in [2.75, 3.05) is 6.54 Å². The Morgan fingerprint density at radius 1 is 1.11 bits per heavy atom. The highest BCUT2D eigenvalue weighted by Gasteiger charge is 2.43. The maximum Gasteiger partial charge on any atom is 0.227 e. The van der Waals surface area contributed by atoms with E-state index in [0.717, 1.165) is 24.7 Å². The van der Waals surface area contributed by atoms with Gasteiger partial charge < -0.3 is 11.1 Å². The summed E-state index contributed by atoms with van der Waals surface area (Å²) >= 11 is 0. The smallest absolute Gasteiger partial charge is 0.227 e. The Balaban J connectivity index is 1.64. The molecule has 0 aromatic rings. The monoisotopic (exact) mass is 264 g/mol. The Hall–Kier alpha value is -0.570. The van der Waals surface area contributed by atoms with E-state index in [1.165, 1.54) is 51.4 Å². The molecule has 0 aromatic carbocycles. The third-order valence-electron chi connectivity index (χ3n) is 5.99. The summed E-state index contributed by atoms with van der Waals surface area (Å²) in [6.45, 7) is 0.527. The van der Waals surface area contributed by atoms with Crippen molar-refractivity contribution in [1.29, 1.82) is 0 Å². The molecule has 0 heterocycles. The van der Waals surface area contributed by atoms with Gasteiger partial charge in [-0.3, -0.25) is 4.79 Å².